The minimum absolute atomic E-state index is 0.0944. The second kappa shape index (κ2) is 7.21. The van der Waals surface area contributed by atoms with Crippen LogP contribution in [-0.4, -0.2) is 24.6 Å². The molecule has 120 valence electrons. The highest BCUT2D eigenvalue weighted by atomic mass is 35.7. The highest BCUT2D eigenvalue weighted by Gasteiger charge is 2.32. The Morgan fingerprint density at radius 3 is 2.87 bits per heavy atom. The van der Waals surface area contributed by atoms with E-state index in [1.54, 1.807) is 6.92 Å². The maximum absolute atomic E-state index is 12.1. The number of aromatic nitrogens is 4. The number of nitrogen functional groups attached to an aromatic ring is 1. The first-order chi connectivity index (χ1) is 10.9. The average molecular weight is 369 g/mol. The Labute approximate surface area is 145 Å². The monoisotopic (exact) mass is 368 g/mol. The molecule has 0 bridgehead atoms. The van der Waals surface area contributed by atoms with Gasteiger partial charge in [0.2, 0.25) is 0 Å². The summed E-state index contributed by atoms with van der Waals surface area (Å²) in [6.45, 7) is 3.40. The summed E-state index contributed by atoms with van der Waals surface area (Å²) in [7, 11) is 6.77. The van der Waals surface area contributed by atoms with Gasteiger partial charge in [-0.2, -0.15) is 10.2 Å². The van der Waals surface area contributed by atoms with E-state index in [-0.39, 0.29) is 5.82 Å². The van der Waals surface area contributed by atoms with Crippen LogP contribution in [-0.2, 0) is 5.54 Å². The van der Waals surface area contributed by atoms with Crippen molar-refractivity contribution in [2.24, 2.45) is 0 Å². The predicted molar refractivity (Wildman–Crippen MR) is 92.2 cm³/mol. The van der Waals surface area contributed by atoms with E-state index in [9.17, 15) is 10.1 Å². The van der Waals surface area contributed by atoms with Gasteiger partial charge in [-0.25, -0.2) is 9.78 Å². The zero-order chi connectivity index (χ0) is 17.0. The maximum Gasteiger partial charge on any atom is 0.351 e. The van der Waals surface area contributed by atoms with Crippen molar-refractivity contribution in [3.05, 3.63) is 40.3 Å². The molecule has 0 aliphatic rings. The number of halogens is 1. The molecule has 2 aromatic rings. The number of aryl methyl sites for hydroxylation is 1. The third kappa shape index (κ3) is 3.60. The topological polar surface area (TPSA) is 110 Å². The van der Waals surface area contributed by atoms with Gasteiger partial charge in [0, 0.05) is 6.20 Å². The van der Waals surface area contributed by atoms with E-state index in [1.807, 2.05) is 6.92 Å². The Morgan fingerprint density at radius 1 is 1.52 bits per heavy atom. The van der Waals surface area contributed by atoms with Crippen molar-refractivity contribution in [1.82, 2.24) is 19.5 Å². The van der Waals surface area contributed by atoms with Crippen molar-refractivity contribution < 1.29 is 0 Å². The second-order valence-corrected chi connectivity index (χ2v) is 7.20. The summed E-state index contributed by atoms with van der Waals surface area (Å²) in [6.07, 6.45) is 2.91. The number of thioether (sulfide) groups is 1. The number of nitrogens with zero attached hydrogens (tertiary/aromatic N) is 5. The van der Waals surface area contributed by atoms with Crippen LogP contribution in [0.15, 0.2) is 28.3 Å². The van der Waals surface area contributed by atoms with Gasteiger partial charge in [0.1, 0.15) is 16.5 Å². The Balaban J connectivity index is 2.56. The smallest absolute Gasteiger partial charge is 0.351 e. The molecule has 0 fully saturated rings. The molecule has 0 aliphatic heterocycles. The lowest BCUT2D eigenvalue weighted by atomic mass is 10.00. The minimum Gasteiger partial charge on any atom is -0.383 e. The molecule has 0 spiro atoms. The molecule has 0 radical (unpaired) electrons. The van der Waals surface area contributed by atoms with Gasteiger partial charge in [0.15, 0.2) is 5.54 Å². The normalized spacial score (nSPS) is 13.3. The van der Waals surface area contributed by atoms with Gasteiger partial charge in [-0.15, -0.1) is 0 Å². The van der Waals surface area contributed by atoms with Crippen molar-refractivity contribution in [3.63, 3.8) is 0 Å². The largest absolute Gasteiger partial charge is 0.383 e. The summed E-state index contributed by atoms with van der Waals surface area (Å²) in [5.74, 6) is 0.0944. The van der Waals surface area contributed by atoms with Crippen LogP contribution in [0.3, 0.4) is 0 Å². The standard InChI is InChI=1S/C13H13ClN6OS2/c1-8-11(22-7-23-14)18-9(5-17-8)13(2,6-15)20-4-3-10(16)19-12(20)21/h3-5H,7H2,1-2H3,(H2,16,19,21). The fourth-order valence-electron chi connectivity index (χ4n) is 1.87. The Bertz CT molecular complexity index is 821. The van der Waals surface area contributed by atoms with Crippen molar-refractivity contribution in [1.29, 1.82) is 5.26 Å². The van der Waals surface area contributed by atoms with E-state index in [0.29, 0.717) is 15.8 Å². The van der Waals surface area contributed by atoms with Crippen molar-refractivity contribution in [2.75, 3.05) is 10.8 Å². The number of hydrogen-bond donors (Lipinski definition) is 1. The first kappa shape index (κ1) is 17.6. The number of anilines is 1. The Kier molecular flexibility index (Phi) is 5.51. The summed E-state index contributed by atoms with van der Waals surface area (Å²) in [6, 6.07) is 3.57. The molecule has 0 aromatic carbocycles. The maximum atomic E-state index is 12.1. The summed E-state index contributed by atoms with van der Waals surface area (Å²) >= 11 is 1.41. The quantitative estimate of drug-likeness (QED) is 0.631. The lowest BCUT2D eigenvalue weighted by Gasteiger charge is -2.23. The zero-order valence-electron chi connectivity index (χ0n) is 12.4. The molecule has 1 unspecified atom stereocenters. The van der Waals surface area contributed by atoms with Crippen molar-refractivity contribution in [3.8, 4) is 6.07 Å². The molecule has 1 atom stereocenters. The van der Waals surface area contributed by atoms with Crippen LogP contribution >= 0.6 is 33.4 Å². The van der Waals surface area contributed by atoms with Crippen LogP contribution in [0.4, 0.5) is 5.82 Å². The molecule has 2 heterocycles. The van der Waals surface area contributed by atoms with Gasteiger partial charge in [0.25, 0.3) is 0 Å². The van der Waals surface area contributed by atoms with Gasteiger partial charge in [0.05, 0.1) is 23.0 Å². The molecule has 2 rings (SSSR count). The highest BCUT2D eigenvalue weighted by molar-refractivity contribution is 8.29. The Hall–Kier alpha value is -1.76. The van der Waals surface area contributed by atoms with Gasteiger partial charge in [-0.05, 0) is 41.6 Å². The zero-order valence-corrected chi connectivity index (χ0v) is 14.7. The van der Waals surface area contributed by atoms with Crippen LogP contribution in [0.5, 0.6) is 0 Å². The molecule has 0 saturated carbocycles. The third-order valence-electron chi connectivity index (χ3n) is 3.18. The first-order valence-corrected chi connectivity index (χ1v) is 9.19. The molecular weight excluding hydrogens is 356 g/mol. The van der Waals surface area contributed by atoms with E-state index in [2.05, 4.69) is 21.0 Å². The average Bonchev–Trinajstić information content (AvgIpc) is 2.53. The van der Waals surface area contributed by atoms with E-state index in [1.165, 1.54) is 34.8 Å². The fourth-order valence-corrected chi connectivity index (χ4v) is 3.32. The van der Waals surface area contributed by atoms with Crippen molar-refractivity contribution in [2.45, 2.75) is 24.4 Å². The molecule has 23 heavy (non-hydrogen) atoms. The highest BCUT2D eigenvalue weighted by Crippen LogP contribution is 2.28. The van der Waals surface area contributed by atoms with Crippen LogP contribution in [0.2, 0.25) is 0 Å². The van der Waals surface area contributed by atoms with Crippen LogP contribution in [0.25, 0.3) is 0 Å². The number of nitriles is 1. The second-order valence-electron chi connectivity index (χ2n) is 4.71. The Morgan fingerprint density at radius 2 is 2.26 bits per heavy atom. The van der Waals surface area contributed by atoms with Crippen LogP contribution in [0, 0.1) is 18.3 Å². The molecule has 0 aliphatic carbocycles. The summed E-state index contributed by atoms with van der Waals surface area (Å²) in [5, 5.41) is 10.9. The van der Waals surface area contributed by atoms with E-state index in [4.69, 9.17) is 16.4 Å². The van der Waals surface area contributed by atoms with Gasteiger partial charge < -0.3 is 5.73 Å². The molecule has 2 aromatic heterocycles. The summed E-state index contributed by atoms with van der Waals surface area (Å²) < 4.78 is 1.19. The molecule has 0 amide bonds. The third-order valence-corrected chi connectivity index (χ3v) is 5.47. The minimum atomic E-state index is -1.35. The summed E-state index contributed by atoms with van der Waals surface area (Å²) in [4.78, 5) is 24.5. The fraction of sp³-hybridized carbons (Fsp3) is 0.308. The van der Waals surface area contributed by atoms with E-state index in [0.717, 1.165) is 16.7 Å². The van der Waals surface area contributed by atoms with Gasteiger partial charge in [-0.1, -0.05) is 11.8 Å². The molecule has 7 nitrogen and oxygen atoms in total. The molecule has 2 N–H and O–H groups in total. The number of nitrogens with two attached hydrogens (primary N) is 1. The van der Waals surface area contributed by atoms with Crippen molar-refractivity contribution >= 4 is 39.2 Å². The summed E-state index contributed by atoms with van der Waals surface area (Å²) in [5.41, 5.74) is 4.61. The van der Waals surface area contributed by atoms with E-state index < -0.39 is 11.2 Å². The molecule has 10 heteroatoms. The number of hydrogen-bond acceptors (Lipinski definition) is 8. The van der Waals surface area contributed by atoms with Gasteiger partial charge >= 0.3 is 5.69 Å². The van der Waals surface area contributed by atoms with Crippen LogP contribution < -0.4 is 11.4 Å². The lowest BCUT2D eigenvalue weighted by molar-refractivity contribution is 0.462. The molecular formula is C13H13ClN6OS2. The van der Waals surface area contributed by atoms with E-state index >= 15 is 0 Å². The SMILES string of the molecule is Cc1ncc(C(C)(C#N)n2ccc(N)nc2=O)nc1SCSCl. The first-order valence-electron chi connectivity index (χ1n) is 6.39. The molecule has 0 saturated heterocycles. The lowest BCUT2D eigenvalue weighted by Crippen LogP contribution is -2.40. The van der Waals surface area contributed by atoms with Crippen LogP contribution in [0.1, 0.15) is 18.3 Å². The predicted octanol–water partition coefficient (Wildman–Crippen LogP) is 2.15. The number of rotatable bonds is 5. The van der Waals surface area contributed by atoms with Gasteiger partial charge in [-0.3, -0.25) is 9.55 Å².